The maximum Gasteiger partial charge on any atom is 0.255 e. The standard InChI is InChI=1S/C24H22N4O2/c1-17-6-8-20(9-7-17)28-16-22(24(29)26-15-18-10-12-25-13-11-18)23(27-28)19-4-3-5-21(14-19)30-2/h3-14,16H,15H2,1-2H3,(H,26,29). The van der Waals surface area contributed by atoms with Gasteiger partial charge in [-0.05, 0) is 48.9 Å². The molecule has 2 aromatic heterocycles. The minimum absolute atomic E-state index is 0.192. The molecule has 0 aliphatic carbocycles. The van der Waals surface area contributed by atoms with Gasteiger partial charge in [0.25, 0.3) is 5.91 Å². The number of carbonyl (C=O) groups excluding carboxylic acids is 1. The first-order valence-corrected chi connectivity index (χ1v) is 9.62. The van der Waals surface area contributed by atoms with Gasteiger partial charge in [0.15, 0.2) is 0 Å². The molecule has 0 aliphatic rings. The van der Waals surface area contributed by atoms with E-state index in [1.807, 2.05) is 67.6 Å². The Balaban J connectivity index is 1.71. The summed E-state index contributed by atoms with van der Waals surface area (Å²) in [6.07, 6.45) is 5.18. The van der Waals surface area contributed by atoms with Crippen LogP contribution in [-0.4, -0.2) is 27.8 Å². The Morgan fingerprint density at radius 3 is 2.57 bits per heavy atom. The van der Waals surface area contributed by atoms with E-state index in [9.17, 15) is 4.79 Å². The minimum atomic E-state index is -0.192. The number of benzene rings is 2. The van der Waals surface area contributed by atoms with Crippen LogP contribution in [0, 0.1) is 6.92 Å². The zero-order chi connectivity index (χ0) is 20.9. The molecule has 0 atom stereocenters. The second-order valence-electron chi connectivity index (χ2n) is 6.94. The van der Waals surface area contributed by atoms with Gasteiger partial charge in [0, 0.05) is 30.7 Å². The van der Waals surface area contributed by atoms with Crippen LogP contribution >= 0.6 is 0 Å². The molecule has 2 heterocycles. The Morgan fingerprint density at radius 1 is 1.07 bits per heavy atom. The highest BCUT2D eigenvalue weighted by Gasteiger charge is 2.19. The maximum absolute atomic E-state index is 13.1. The van der Waals surface area contributed by atoms with Gasteiger partial charge < -0.3 is 10.1 Å². The van der Waals surface area contributed by atoms with Crippen LogP contribution in [-0.2, 0) is 6.54 Å². The first-order valence-electron chi connectivity index (χ1n) is 9.62. The molecule has 0 spiro atoms. The van der Waals surface area contributed by atoms with Crippen molar-refractivity contribution < 1.29 is 9.53 Å². The molecule has 0 aliphatic heterocycles. The number of amides is 1. The second-order valence-corrected chi connectivity index (χ2v) is 6.94. The summed E-state index contributed by atoms with van der Waals surface area (Å²) in [6.45, 7) is 2.45. The monoisotopic (exact) mass is 398 g/mol. The molecule has 0 saturated heterocycles. The highest BCUT2D eigenvalue weighted by atomic mass is 16.5. The van der Waals surface area contributed by atoms with Crippen LogP contribution in [0.15, 0.2) is 79.3 Å². The predicted octanol–water partition coefficient (Wildman–Crippen LogP) is 4.18. The summed E-state index contributed by atoms with van der Waals surface area (Å²) in [5.41, 5.74) is 4.94. The molecular formula is C24H22N4O2. The summed E-state index contributed by atoms with van der Waals surface area (Å²) < 4.78 is 7.08. The molecule has 6 nitrogen and oxygen atoms in total. The Kier molecular flexibility index (Phi) is 5.57. The average molecular weight is 398 g/mol. The molecule has 2 aromatic carbocycles. The lowest BCUT2D eigenvalue weighted by atomic mass is 10.1. The van der Waals surface area contributed by atoms with E-state index in [1.54, 1.807) is 30.4 Å². The van der Waals surface area contributed by atoms with Crippen LogP contribution in [0.2, 0.25) is 0 Å². The summed E-state index contributed by atoms with van der Waals surface area (Å²) in [6, 6.07) is 19.3. The van der Waals surface area contributed by atoms with Crippen LogP contribution in [0.25, 0.3) is 16.9 Å². The highest BCUT2D eigenvalue weighted by molar-refractivity contribution is 6.00. The van der Waals surface area contributed by atoms with Crippen molar-refractivity contribution in [3.63, 3.8) is 0 Å². The van der Waals surface area contributed by atoms with Gasteiger partial charge in [0.1, 0.15) is 11.4 Å². The molecule has 0 unspecified atom stereocenters. The molecule has 0 fully saturated rings. The third-order valence-corrected chi connectivity index (χ3v) is 4.80. The van der Waals surface area contributed by atoms with Crippen LogP contribution in [0.5, 0.6) is 5.75 Å². The van der Waals surface area contributed by atoms with Crippen molar-refractivity contribution in [2.24, 2.45) is 0 Å². The van der Waals surface area contributed by atoms with Gasteiger partial charge in [0.2, 0.25) is 0 Å². The summed E-state index contributed by atoms with van der Waals surface area (Å²) in [7, 11) is 1.62. The lowest BCUT2D eigenvalue weighted by molar-refractivity contribution is 0.0951. The zero-order valence-corrected chi connectivity index (χ0v) is 16.9. The van der Waals surface area contributed by atoms with Gasteiger partial charge in [-0.3, -0.25) is 9.78 Å². The Bertz CT molecular complexity index is 1150. The van der Waals surface area contributed by atoms with Gasteiger partial charge in [-0.25, -0.2) is 4.68 Å². The normalized spacial score (nSPS) is 10.6. The molecule has 6 heteroatoms. The number of aryl methyl sites for hydroxylation is 1. The number of hydrogen-bond acceptors (Lipinski definition) is 4. The SMILES string of the molecule is COc1cccc(-c2nn(-c3ccc(C)cc3)cc2C(=O)NCc2ccncc2)c1. The largest absolute Gasteiger partial charge is 0.497 e. The van der Waals surface area contributed by atoms with Crippen molar-refractivity contribution in [1.29, 1.82) is 0 Å². The highest BCUT2D eigenvalue weighted by Crippen LogP contribution is 2.27. The molecule has 30 heavy (non-hydrogen) atoms. The fourth-order valence-corrected chi connectivity index (χ4v) is 3.13. The number of nitrogens with one attached hydrogen (secondary N) is 1. The van der Waals surface area contributed by atoms with Crippen molar-refractivity contribution in [1.82, 2.24) is 20.1 Å². The summed E-state index contributed by atoms with van der Waals surface area (Å²) >= 11 is 0. The minimum Gasteiger partial charge on any atom is -0.497 e. The fourth-order valence-electron chi connectivity index (χ4n) is 3.13. The molecule has 150 valence electrons. The third-order valence-electron chi connectivity index (χ3n) is 4.80. The first-order chi connectivity index (χ1) is 14.6. The van der Waals surface area contributed by atoms with E-state index in [-0.39, 0.29) is 5.91 Å². The third kappa shape index (κ3) is 4.22. The summed E-state index contributed by atoms with van der Waals surface area (Å²) in [4.78, 5) is 17.1. The quantitative estimate of drug-likeness (QED) is 0.529. The van der Waals surface area contributed by atoms with E-state index in [0.29, 0.717) is 23.6 Å². The summed E-state index contributed by atoms with van der Waals surface area (Å²) in [5.74, 6) is 0.517. The van der Waals surface area contributed by atoms with Gasteiger partial charge in [-0.2, -0.15) is 5.10 Å². The van der Waals surface area contributed by atoms with Gasteiger partial charge >= 0.3 is 0 Å². The van der Waals surface area contributed by atoms with Gasteiger partial charge in [-0.15, -0.1) is 0 Å². The smallest absolute Gasteiger partial charge is 0.255 e. The first kappa shape index (κ1) is 19.4. The van der Waals surface area contributed by atoms with E-state index in [2.05, 4.69) is 10.3 Å². The van der Waals surface area contributed by atoms with Crippen LogP contribution in [0.4, 0.5) is 0 Å². The number of hydrogen-bond donors (Lipinski definition) is 1. The fraction of sp³-hybridized carbons (Fsp3) is 0.125. The molecule has 0 bridgehead atoms. The Labute approximate surface area is 175 Å². The van der Waals surface area contributed by atoms with E-state index in [1.165, 1.54) is 0 Å². The molecule has 0 radical (unpaired) electrons. The molecule has 0 saturated carbocycles. The number of nitrogens with zero attached hydrogens (tertiary/aromatic N) is 3. The number of methoxy groups -OCH3 is 1. The Morgan fingerprint density at radius 2 is 1.83 bits per heavy atom. The number of ether oxygens (including phenoxy) is 1. The number of rotatable bonds is 6. The molecule has 1 amide bonds. The average Bonchev–Trinajstić information content (AvgIpc) is 3.24. The zero-order valence-electron chi connectivity index (χ0n) is 16.9. The van der Waals surface area contributed by atoms with Crippen molar-refractivity contribution >= 4 is 5.91 Å². The lowest BCUT2D eigenvalue weighted by Crippen LogP contribution is -2.23. The summed E-state index contributed by atoms with van der Waals surface area (Å²) in [5, 5.41) is 7.70. The number of aromatic nitrogens is 3. The maximum atomic E-state index is 13.1. The van der Waals surface area contributed by atoms with Crippen molar-refractivity contribution in [2.45, 2.75) is 13.5 Å². The van der Waals surface area contributed by atoms with Crippen molar-refractivity contribution in [2.75, 3.05) is 7.11 Å². The van der Waals surface area contributed by atoms with E-state index in [0.717, 1.165) is 22.4 Å². The van der Waals surface area contributed by atoms with E-state index < -0.39 is 0 Å². The van der Waals surface area contributed by atoms with Crippen LogP contribution < -0.4 is 10.1 Å². The Hall–Kier alpha value is -3.93. The number of carbonyl (C=O) groups is 1. The van der Waals surface area contributed by atoms with Gasteiger partial charge in [0.05, 0.1) is 18.4 Å². The van der Waals surface area contributed by atoms with E-state index >= 15 is 0 Å². The number of pyridine rings is 1. The van der Waals surface area contributed by atoms with Crippen molar-refractivity contribution in [3.8, 4) is 22.7 Å². The lowest BCUT2D eigenvalue weighted by Gasteiger charge is -2.06. The molecule has 1 N–H and O–H groups in total. The molecule has 4 rings (SSSR count). The topological polar surface area (TPSA) is 69.0 Å². The van der Waals surface area contributed by atoms with Crippen LogP contribution in [0.3, 0.4) is 0 Å². The van der Waals surface area contributed by atoms with Crippen LogP contribution in [0.1, 0.15) is 21.5 Å². The molecule has 4 aromatic rings. The van der Waals surface area contributed by atoms with Gasteiger partial charge in [-0.1, -0.05) is 29.8 Å². The van der Waals surface area contributed by atoms with Crippen molar-refractivity contribution in [3.05, 3.63) is 95.9 Å². The molecular weight excluding hydrogens is 376 g/mol. The predicted molar refractivity (Wildman–Crippen MR) is 116 cm³/mol. The van der Waals surface area contributed by atoms with E-state index in [4.69, 9.17) is 9.84 Å². The second kappa shape index (κ2) is 8.61.